The molecule has 1 fully saturated rings. The van der Waals surface area contributed by atoms with Gasteiger partial charge >= 0.3 is 5.97 Å². The van der Waals surface area contributed by atoms with Crippen LogP contribution in [0.4, 0.5) is 5.69 Å². The number of aryl methyl sites for hydroxylation is 1. The Bertz CT molecular complexity index is 1510. The van der Waals surface area contributed by atoms with E-state index in [1.165, 1.54) is 0 Å². The molecule has 1 aromatic heterocycles. The van der Waals surface area contributed by atoms with Crippen molar-refractivity contribution in [2.75, 3.05) is 12.1 Å². The fourth-order valence-electron chi connectivity index (χ4n) is 4.88. The number of aromatic amines is 1. The summed E-state index contributed by atoms with van der Waals surface area (Å²) in [6, 6.07) is 17.6. The van der Waals surface area contributed by atoms with E-state index >= 15 is 0 Å². The summed E-state index contributed by atoms with van der Waals surface area (Å²) in [7, 11) is 0. The molecule has 1 saturated carbocycles. The fraction of sp³-hybridized carbons (Fsp3) is 0.214. The molecule has 6 rings (SSSR count). The van der Waals surface area contributed by atoms with Gasteiger partial charge in [0.15, 0.2) is 11.5 Å². The molecule has 0 saturated heterocycles. The summed E-state index contributed by atoms with van der Waals surface area (Å²) in [5.74, 6) is 0.491. The number of carboxylic acids is 1. The number of rotatable bonds is 6. The lowest BCUT2D eigenvalue weighted by Gasteiger charge is -2.17. The summed E-state index contributed by atoms with van der Waals surface area (Å²) in [5.41, 5.74) is 5.77. The van der Waals surface area contributed by atoms with Crippen LogP contribution in [0.25, 0.3) is 22.0 Å². The van der Waals surface area contributed by atoms with Crippen molar-refractivity contribution in [1.82, 2.24) is 4.98 Å². The molecule has 7 nitrogen and oxygen atoms in total. The first kappa shape index (κ1) is 21.3. The number of anilines is 1. The SMILES string of the molecule is Cc1ccc(NC(=O)C2(c3ccc4c(c3)OCO4)CC2)cc1-c1ccc2[nH]cc(CC(=O)O)c2c1.[HH]. The maximum absolute atomic E-state index is 13.4. The van der Waals surface area contributed by atoms with Crippen LogP contribution in [0.3, 0.4) is 0 Å². The Kier molecular flexibility index (Phi) is 4.81. The Hall–Kier alpha value is -4.26. The molecule has 3 aromatic carbocycles. The standard InChI is InChI=1S/C28H24N2O5.H2/c1-16-2-5-20(13-21(16)17-3-6-23-22(10-17)18(14-29-23)11-26(31)32)30-27(33)28(8-9-28)19-4-7-24-25(12-19)35-15-34-24;/h2-7,10,12-14,29H,8-9,11,15H2,1H3,(H,30,33)(H,31,32);1H. The van der Waals surface area contributed by atoms with Crippen molar-refractivity contribution in [3.63, 3.8) is 0 Å². The lowest BCUT2D eigenvalue weighted by Crippen LogP contribution is -2.27. The lowest BCUT2D eigenvalue weighted by atomic mass is 9.94. The van der Waals surface area contributed by atoms with Crippen LogP contribution in [-0.4, -0.2) is 28.8 Å². The third kappa shape index (κ3) is 3.69. The molecular weight excluding hydrogens is 444 g/mol. The zero-order chi connectivity index (χ0) is 24.2. The molecule has 1 aliphatic carbocycles. The second-order valence-corrected chi connectivity index (χ2v) is 9.28. The van der Waals surface area contributed by atoms with Crippen molar-refractivity contribution in [1.29, 1.82) is 0 Å². The number of hydrogen-bond donors (Lipinski definition) is 3. The predicted molar refractivity (Wildman–Crippen MR) is 134 cm³/mol. The summed E-state index contributed by atoms with van der Waals surface area (Å²) in [6.07, 6.45) is 3.28. The molecule has 0 unspecified atom stereocenters. The molecule has 35 heavy (non-hydrogen) atoms. The molecule has 3 N–H and O–H groups in total. The molecule has 4 aromatic rings. The van der Waals surface area contributed by atoms with Gasteiger partial charge < -0.3 is 24.9 Å². The highest BCUT2D eigenvalue weighted by Crippen LogP contribution is 2.51. The molecule has 2 heterocycles. The van der Waals surface area contributed by atoms with Gasteiger partial charge in [-0.05, 0) is 84.0 Å². The quantitative estimate of drug-likeness (QED) is 0.350. The van der Waals surface area contributed by atoms with Crippen LogP contribution in [-0.2, 0) is 21.4 Å². The molecule has 1 amide bonds. The largest absolute Gasteiger partial charge is 0.481 e. The minimum absolute atomic E-state index is 0. The van der Waals surface area contributed by atoms with Crippen LogP contribution in [0.15, 0.2) is 60.8 Å². The summed E-state index contributed by atoms with van der Waals surface area (Å²) in [4.78, 5) is 27.8. The number of carboxylic acid groups (broad SMARTS) is 1. The third-order valence-corrected chi connectivity index (χ3v) is 7.03. The van der Waals surface area contributed by atoms with Crippen LogP contribution in [0.2, 0.25) is 0 Å². The minimum Gasteiger partial charge on any atom is -0.481 e. The highest BCUT2D eigenvalue weighted by molar-refractivity contribution is 6.02. The Labute approximate surface area is 203 Å². The van der Waals surface area contributed by atoms with Gasteiger partial charge in [0.1, 0.15) is 0 Å². The second-order valence-electron chi connectivity index (χ2n) is 9.28. The number of amides is 1. The van der Waals surface area contributed by atoms with E-state index in [0.717, 1.165) is 57.2 Å². The van der Waals surface area contributed by atoms with Crippen LogP contribution < -0.4 is 14.8 Å². The molecular formula is C28H26N2O5. The van der Waals surface area contributed by atoms with Crippen LogP contribution in [0, 0.1) is 6.92 Å². The maximum Gasteiger partial charge on any atom is 0.307 e. The van der Waals surface area contributed by atoms with Crippen molar-refractivity contribution >= 4 is 28.5 Å². The number of nitrogens with one attached hydrogen (secondary N) is 2. The van der Waals surface area contributed by atoms with Crippen LogP contribution in [0.1, 0.15) is 31.0 Å². The molecule has 178 valence electrons. The van der Waals surface area contributed by atoms with Gasteiger partial charge in [-0.1, -0.05) is 18.2 Å². The van der Waals surface area contributed by atoms with E-state index in [0.29, 0.717) is 11.5 Å². The number of hydrogen-bond acceptors (Lipinski definition) is 4. The topological polar surface area (TPSA) is 101 Å². The summed E-state index contributed by atoms with van der Waals surface area (Å²) < 4.78 is 10.9. The minimum atomic E-state index is -0.867. The van der Waals surface area contributed by atoms with Crippen molar-refractivity contribution in [3.8, 4) is 22.6 Å². The van der Waals surface area contributed by atoms with Gasteiger partial charge in [-0.25, -0.2) is 0 Å². The molecule has 0 radical (unpaired) electrons. The first-order valence-electron chi connectivity index (χ1n) is 11.6. The van der Waals surface area contributed by atoms with E-state index < -0.39 is 11.4 Å². The van der Waals surface area contributed by atoms with Gasteiger partial charge in [0.05, 0.1) is 11.8 Å². The van der Waals surface area contributed by atoms with Crippen molar-refractivity contribution in [2.24, 2.45) is 0 Å². The van der Waals surface area contributed by atoms with Gasteiger partial charge in [0, 0.05) is 24.2 Å². The van der Waals surface area contributed by atoms with E-state index in [1.54, 1.807) is 6.20 Å². The van der Waals surface area contributed by atoms with Crippen molar-refractivity contribution in [3.05, 3.63) is 77.5 Å². The number of aromatic nitrogens is 1. The number of benzene rings is 3. The third-order valence-electron chi connectivity index (χ3n) is 7.03. The molecule has 2 aliphatic rings. The zero-order valence-corrected chi connectivity index (χ0v) is 19.2. The molecule has 0 atom stereocenters. The normalized spacial score (nSPS) is 15.2. The molecule has 0 spiro atoms. The molecule has 0 bridgehead atoms. The van der Waals surface area contributed by atoms with Crippen LogP contribution >= 0.6 is 0 Å². The van der Waals surface area contributed by atoms with E-state index in [4.69, 9.17) is 9.47 Å². The van der Waals surface area contributed by atoms with Gasteiger partial charge in [-0.3, -0.25) is 9.59 Å². The second kappa shape index (κ2) is 7.91. The van der Waals surface area contributed by atoms with E-state index in [2.05, 4.69) is 10.3 Å². The first-order valence-corrected chi connectivity index (χ1v) is 11.6. The summed E-state index contributed by atoms with van der Waals surface area (Å²) in [6.45, 7) is 2.23. The van der Waals surface area contributed by atoms with Gasteiger partial charge in [0.2, 0.25) is 12.7 Å². The van der Waals surface area contributed by atoms with Gasteiger partial charge in [-0.2, -0.15) is 0 Å². The first-order chi connectivity index (χ1) is 16.9. The van der Waals surface area contributed by atoms with Crippen LogP contribution in [0.5, 0.6) is 11.5 Å². The Balaban J connectivity index is 0.00000267. The highest BCUT2D eigenvalue weighted by atomic mass is 16.7. The zero-order valence-electron chi connectivity index (χ0n) is 19.2. The van der Waals surface area contributed by atoms with Gasteiger partial charge in [-0.15, -0.1) is 0 Å². The lowest BCUT2D eigenvalue weighted by molar-refractivity contribution is -0.136. The number of H-pyrrole nitrogens is 1. The monoisotopic (exact) mass is 470 g/mol. The number of carbonyl (C=O) groups is 2. The number of carbonyl (C=O) groups excluding carboxylic acids is 1. The average molecular weight is 471 g/mol. The van der Waals surface area contributed by atoms with Crippen molar-refractivity contribution in [2.45, 2.75) is 31.6 Å². The number of ether oxygens (including phenoxy) is 2. The fourth-order valence-corrected chi connectivity index (χ4v) is 4.88. The van der Waals surface area contributed by atoms with Crippen molar-refractivity contribution < 1.29 is 25.6 Å². The summed E-state index contributed by atoms with van der Waals surface area (Å²) in [5, 5.41) is 13.2. The van der Waals surface area contributed by atoms with E-state index in [1.807, 2.05) is 61.5 Å². The average Bonchev–Trinajstić information content (AvgIpc) is 3.37. The predicted octanol–water partition coefficient (Wildman–Crippen LogP) is 5.42. The Morgan fingerprint density at radius 1 is 1.06 bits per heavy atom. The number of aliphatic carboxylic acids is 1. The summed E-state index contributed by atoms with van der Waals surface area (Å²) >= 11 is 0. The Morgan fingerprint density at radius 2 is 1.89 bits per heavy atom. The number of fused-ring (bicyclic) bond motifs is 2. The van der Waals surface area contributed by atoms with Gasteiger partial charge in [0.25, 0.3) is 0 Å². The smallest absolute Gasteiger partial charge is 0.307 e. The molecule has 7 heteroatoms. The van der Waals surface area contributed by atoms with E-state index in [-0.39, 0.29) is 20.5 Å². The van der Waals surface area contributed by atoms with E-state index in [9.17, 15) is 14.7 Å². The maximum atomic E-state index is 13.4. The molecule has 1 aliphatic heterocycles. The Morgan fingerprint density at radius 3 is 2.69 bits per heavy atom. The highest BCUT2D eigenvalue weighted by Gasteiger charge is 2.51.